The van der Waals surface area contributed by atoms with Crippen molar-refractivity contribution in [2.24, 2.45) is 52.3 Å². The van der Waals surface area contributed by atoms with E-state index < -0.39 is 0 Å². The van der Waals surface area contributed by atoms with Gasteiger partial charge in [0.25, 0.3) is 0 Å². The van der Waals surface area contributed by atoms with Gasteiger partial charge in [-0.05, 0) is 103 Å². The third-order valence-corrected chi connectivity index (χ3v) is 11.4. The monoisotopic (exact) mass is 484 g/mol. The number of Topliss-reactive ketones (excluding diaryl/α,β-unsaturated/α-hetero) is 1. The van der Waals surface area contributed by atoms with E-state index in [2.05, 4.69) is 64.7 Å². The van der Waals surface area contributed by atoms with E-state index in [9.17, 15) is 4.79 Å². The van der Waals surface area contributed by atoms with E-state index in [1.807, 2.05) is 18.2 Å². The van der Waals surface area contributed by atoms with Gasteiger partial charge in [-0.2, -0.15) is 0 Å². The Morgan fingerprint density at radius 3 is 2.42 bits per heavy atom. The summed E-state index contributed by atoms with van der Waals surface area (Å²) in [7, 11) is 0. The topological polar surface area (TPSA) is 17.1 Å². The fourth-order valence-electron chi connectivity index (χ4n) is 9.46. The minimum Gasteiger partial charge on any atom is -0.299 e. The summed E-state index contributed by atoms with van der Waals surface area (Å²) in [5.41, 5.74) is 2.81. The Labute approximate surface area is 220 Å². The van der Waals surface area contributed by atoms with Crippen molar-refractivity contribution in [3.05, 3.63) is 47.5 Å². The molecule has 0 radical (unpaired) electrons. The van der Waals surface area contributed by atoms with Crippen LogP contribution in [0.5, 0.6) is 0 Å². The number of fused-ring (bicyclic) bond motifs is 5. The molecule has 5 rings (SSSR count). The molecule has 0 unspecified atom stereocenters. The summed E-state index contributed by atoms with van der Waals surface area (Å²) in [5, 5.41) is 0. The lowest BCUT2D eigenvalue weighted by Crippen LogP contribution is -2.55. The zero-order chi connectivity index (χ0) is 25.5. The molecule has 1 aromatic rings. The normalized spacial score (nSPS) is 38.3. The highest BCUT2D eigenvalue weighted by Crippen LogP contribution is 2.67. The Morgan fingerprint density at radius 1 is 0.917 bits per heavy atom. The van der Waals surface area contributed by atoms with Crippen molar-refractivity contribution in [2.45, 2.75) is 98.8 Å². The van der Waals surface area contributed by atoms with Gasteiger partial charge in [0.05, 0.1) is 0 Å². The lowest BCUT2D eigenvalue weighted by atomic mass is 9.44. The highest BCUT2D eigenvalue weighted by Gasteiger charge is 2.61. The van der Waals surface area contributed by atoms with Gasteiger partial charge in [-0.1, -0.05) is 90.0 Å². The Morgan fingerprint density at radius 2 is 1.67 bits per heavy atom. The largest absolute Gasteiger partial charge is 0.299 e. The van der Waals surface area contributed by atoms with Crippen molar-refractivity contribution in [1.29, 1.82) is 0 Å². The summed E-state index contributed by atoms with van der Waals surface area (Å²) in [6.45, 7) is 12.3. The van der Waals surface area contributed by atoms with Crippen LogP contribution in [0, 0.1) is 64.1 Å². The number of ketones is 1. The maximum atomic E-state index is 13.7. The molecular weight excluding hydrogens is 436 g/mol. The third-order valence-electron chi connectivity index (χ3n) is 11.4. The standard InChI is InChI=1S/C35H48O/c1-24(2)10-9-11-25(3)29-16-17-30-28-23-33(36)32-22-27(15-14-26-12-7-6-8-13-26)18-20-35(32,5)31(28)19-21-34(29,30)4/h6-8,12-13,22,24-25,28-32H,9-11,16-21,23H2,1-5H3/t25-,28+,29-,30+,31-,32-,34+,35+/m0/s1. The van der Waals surface area contributed by atoms with Crippen molar-refractivity contribution < 1.29 is 4.79 Å². The Kier molecular flexibility index (Phi) is 7.29. The highest BCUT2D eigenvalue weighted by molar-refractivity contribution is 5.85. The highest BCUT2D eigenvalue weighted by atomic mass is 16.1. The fraction of sp³-hybridized carbons (Fsp3) is 0.686. The number of rotatable bonds is 5. The average Bonchev–Trinajstić information content (AvgIpc) is 3.21. The second kappa shape index (κ2) is 10.2. The van der Waals surface area contributed by atoms with E-state index in [1.165, 1.54) is 50.5 Å². The smallest absolute Gasteiger partial charge is 0.140 e. The molecular formula is C35H48O. The van der Waals surface area contributed by atoms with Gasteiger partial charge < -0.3 is 0 Å². The molecule has 0 N–H and O–H groups in total. The van der Waals surface area contributed by atoms with Crippen molar-refractivity contribution in [3.63, 3.8) is 0 Å². The van der Waals surface area contributed by atoms with Crippen molar-refractivity contribution in [2.75, 3.05) is 0 Å². The molecule has 0 saturated heterocycles. The molecule has 194 valence electrons. The first-order valence-electron chi connectivity index (χ1n) is 15.0. The van der Waals surface area contributed by atoms with Crippen LogP contribution < -0.4 is 0 Å². The lowest BCUT2D eigenvalue weighted by Gasteiger charge is -2.59. The van der Waals surface area contributed by atoms with Gasteiger partial charge in [0, 0.05) is 17.9 Å². The summed E-state index contributed by atoms with van der Waals surface area (Å²) < 4.78 is 0. The molecule has 36 heavy (non-hydrogen) atoms. The first-order chi connectivity index (χ1) is 17.2. The molecule has 0 aliphatic heterocycles. The Hall–Kier alpha value is -1.81. The first kappa shape index (κ1) is 25.8. The second-order valence-electron chi connectivity index (χ2n) is 13.9. The van der Waals surface area contributed by atoms with Gasteiger partial charge in [0.1, 0.15) is 5.78 Å². The van der Waals surface area contributed by atoms with E-state index in [0.717, 1.165) is 48.5 Å². The van der Waals surface area contributed by atoms with Gasteiger partial charge in [-0.25, -0.2) is 0 Å². The molecule has 1 nitrogen and oxygen atoms in total. The van der Waals surface area contributed by atoms with Crippen LogP contribution in [0.25, 0.3) is 0 Å². The predicted molar refractivity (Wildman–Crippen MR) is 150 cm³/mol. The van der Waals surface area contributed by atoms with Gasteiger partial charge in [0.2, 0.25) is 0 Å². The first-order valence-corrected chi connectivity index (χ1v) is 15.0. The summed E-state index contributed by atoms with van der Waals surface area (Å²) >= 11 is 0. The number of hydrogen-bond donors (Lipinski definition) is 0. The van der Waals surface area contributed by atoms with Crippen LogP contribution in [-0.4, -0.2) is 5.78 Å². The van der Waals surface area contributed by atoms with Gasteiger partial charge in [-0.15, -0.1) is 0 Å². The zero-order valence-electron chi connectivity index (χ0n) is 23.5. The molecule has 0 heterocycles. The lowest BCUT2D eigenvalue weighted by molar-refractivity contribution is -0.146. The summed E-state index contributed by atoms with van der Waals surface area (Å²) in [5.74, 6) is 11.9. The van der Waals surface area contributed by atoms with Gasteiger partial charge in [0.15, 0.2) is 0 Å². The Balaban J connectivity index is 1.32. The summed E-state index contributed by atoms with van der Waals surface area (Å²) in [4.78, 5) is 13.7. The van der Waals surface area contributed by atoms with E-state index in [4.69, 9.17) is 0 Å². The van der Waals surface area contributed by atoms with E-state index in [1.54, 1.807) is 0 Å². The fourth-order valence-corrected chi connectivity index (χ4v) is 9.46. The molecule has 3 fully saturated rings. The van der Waals surface area contributed by atoms with Crippen molar-refractivity contribution in [3.8, 4) is 11.8 Å². The van der Waals surface area contributed by atoms with Crippen LogP contribution in [0.1, 0.15) is 104 Å². The third kappa shape index (κ3) is 4.64. The van der Waals surface area contributed by atoms with Gasteiger partial charge in [-0.3, -0.25) is 4.79 Å². The van der Waals surface area contributed by atoms with Crippen LogP contribution in [-0.2, 0) is 4.79 Å². The van der Waals surface area contributed by atoms with Crippen LogP contribution in [0.3, 0.4) is 0 Å². The van der Waals surface area contributed by atoms with Crippen LogP contribution in [0.2, 0.25) is 0 Å². The van der Waals surface area contributed by atoms with E-state index in [0.29, 0.717) is 23.0 Å². The molecule has 4 aliphatic carbocycles. The number of hydrogen-bond acceptors (Lipinski definition) is 1. The minimum atomic E-state index is 0.0732. The number of benzene rings is 1. The second-order valence-corrected chi connectivity index (χ2v) is 13.9. The van der Waals surface area contributed by atoms with E-state index >= 15 is 0 Å². The van der Waals surface area contributed by atoms with Crippen molar-refractivity contribution in [1.82, 2.24) is 0 Å². The van der Waals surface area contributed by atoms with Crippen LogP contribution in [0.15, 0.2) is 42.0 Å². The van der Waals surface area contributed by atoms with Crippen molar-refractivity contribution >= 4 is 5.78 Å². The molecule has 8 atom stereocenters. The minimum absolute atomic E-state index is 0.0732. The molecule has 1 aromatic carbocycles. The maximum Gasteiger partial charge on any atom is 0.140 e. The van der Waals surface area contributed by atoms with E-state index in [-0.39, 0.29) is 11.3 Å². The van der Waals surface area contributed by atoms with Crippen LogP contribution in [0.4, 0.5) is 0 Å². The molecule has 0 spiro atoms. The molecule has 0 bridgehead atoms. The zero-order valence-corrected chi connectivity index (χ0v) is 23.5. The molecule has 3 saturated carbocycles. The summed E-state index contributed by atoms with van der Waals surface area (Å²) in [6.07, 6.45) is 14.8. The predicted octanol–water partition coefficient (Wildman–Crippen LogP) is 8.87. The Bertz CT molecular complexity index is 1040. The maximum absolute atomic E-state index is 13.7. The quantitative estimate of drug-likeness (QED) is 0.381. The molecule has 4 aliphatic rings. The van der Waals surface area contributed by atoms with Gasteiger partial charge >= 0.3 is 0 Å². The molecule has 1 heteroatoms. The SMILES string of the molecule is CC(C)CCC[C@H](C)[C@@H]1CC[C@@H]2[C@H]3CC(=O)[C@@H]4C=C(C#Cc5ccccc5)CC[C@]4(C)[C@H]3CC[C@@]21C. The van der Waals surface area contributed by atoms with Crippen LogP contribution >= 0.6 is 0 Å². The number of allylic oxidation sites excluding steroid dienone is 2. The average molecular weight is 485 g/mol. The molecule has 0 aromatic heterocycles. The molecule has 0 amide bonds. The number of carbonyl (C=O) groups excluding carboxylic acids is 1. The number of carbonyl (C=O) groups is 1. The summed E-state index contributed by atoms with van der Waals surface area (Å²) in [6, 6.07) is 10.2.